The molecule has 2 atom stereocenters. The zero-order valence-corrected chi connectivity index (χ0v) is 14.3. The highest BCUT2D eigenvalue weighted by Crippen LogP contribution is 2.35. The van der Waals surface area contributed by atoms with E-state index in [1.165, 1.54) is 17.0 Å². The van der Waals surface area contributed by atoms with Crippen molar-refractivity contribution >= 4 is 17.5 Å². The quantitative estimate of drug-likeness (QED) is 0.343. The number of fused-ring (bicyclic) bond motifs is 1. The summed E-state index contributed by atoms with van der Waals surface area (Å²) in [4.78, 5) is 40.8. The lowest BCUT2D eigenvalue weighted by atomic mass is 9.85. The molecule has 4 rings (SSSR count). The van der Waals surface area contributed by atoms with Gasteiger partial charge >= 0.3 is 0 Å². The summed E-state index contributed by atoms with van der Waals surface area (Å²) in [6.07, 6.45) is 5.33. The highest BCUT2D eigenvalue weighted by atomic mass is 16.6. The van der Waals surface area contributed by atoms with Crippen molar-refractivity contribution in [2.45, 2.75) is 19.3 Å². The lowest BCUT2D eigenvalue weighted by Crippen LogP contribution is -2.33. The minimum Gasteiger partial charge on any atom is -0.339 e. The molecule has 2 amide bonds. The highest BCUT2D eigenvalue weighted by molar-refractivity contribution is 6.05. The number of carbonyl (C=O) groups excluding carboxylic acids is 2. The summed E-state index contributed by atoms with van der Waals surface area (Å²) in [7, 11) is 0. The number of aromatic nitrogens is 2. The van der Waals surface area contributed by atoms with Crippen LogP contribution in [0.5, 0.6) is 0 Å². The Kier molecular flexibility index (Phi) is 4.27. The molecule has 1 saturated heterocycles. The van der Waals surface area contributed by atoms with E-state index in [-0.39, 0.29) is 54.0 Å². The van der Waals surface area contributed by atoms with Crippen LogP contribution in [-0.4, -0.2) is 38.3 Å². The number of likely N-dealkylation sites (tertiary alicyclic amines) is 1. The van der Waals surface area contributed by atoms with Gasteiger partial charge in [-0.25, -0.2) is 0 Å². The largest absolute Gasteiger partial charge is 0.339 e. The third-order valence-corrected chi connectivity index (χ3v) is 4.93. The second-order valence-corrected chi connectivity index (χ2v) is 6.55. The predicted octanol–water partition coefficient (Wildman–Crippen LogP) is 2.14. The van der Waals surface area contributed by atoms with Crippen LogP contribution in [0.1, 0.15) is 18.7 Å². The molecule has 9 nitrogen and oxygen atoms in total. The van der Waals surface area contributed by atoms with Crippen molar-refractivity contribution in [2.24, 2.45) is 11.8 Å². The molecular weight excluding hydrogens is 352 g/mol. The molecule has 1 aliphatic carbocycles. The molecule has 27 heavy (non-hydrogen) atoms. The van der Waals surface area contributed by atoms with E-state index in [1.54, 1.807) is 12.1 Å². The molecule has 0 bridgehead atoms. The monoisotopic (exact) mass is 368 g/mol. The van der Waals surface area contributed by atoms with Gasteiger partial charge in [-0.15, -0.1) is 0 Å². The van der Waals surface area contributed by atoms with Crippen molar-refractivity contribution < 1.29 is 19.0 Å². The van der Waals surface area contributed by atoms with E-state index in [0.717, 1.165) is 0 Å². The average Bonchev–Trinajstić information content (AvgIpc) is 3.25. The van der Waals surface area contributed by atoms with Crippen LogP contribution in [0.25, 0.3) is 11.4 Å². The maximum Gasteiger partial charge on any atom is 0.270 e. The van der Waals surface area contributed by atoms with E-state index >= 15 is 0 Å². The second-order valence-electron chi connectivity index (χ2n) is 6.55. The van der Waals surface area contributed by atoms with Gasteiger partial charge in [-0.2, -0.15) is 4.98 Å². The zero-order valence-electron chi connectivity index (χ0n) is 14.3. The van der Waals surface area contributed by atoms with Gasteiger partial charge in [0.05, 0.1) is 16.8 Å². The first-order valence-corrected chi connectivity index (χ1v) is 8.62. The summed E-state index contributed by atoms with van der Waals surface area (Å²) in [5, 5.41) is 14.7. The molecule has 1 aromatic heterocycles. The van der Waals surface area contributed by atoms with E-state index in [4.69, 9.17) is 4.52 Å². The number of non-ortho nitro benzene ring substituents is 1. The molecule has 0 N–H and O–H groups in total. The van der Waals surface area contributed by atoms with Crippen molar-refractivity contribution in [3.8, 4) is 11.4 Å². The van der Waals surface area contributed by atoms with Crippen LogP contribution in [0.2, 0.25) is 0 Å². The first-order valence-electron chi connectivity index (χ1n) is 8.62. The molecule has 0 saturated carbocycles. The Bertz CT molecular complexity index is 925. The Morgan fingerprint density at radius 3 is 2.56 bits per heavy atom. The van der Waals surface area contributed by atoms with Crippen molar-refractivity contribution in [1.29, 1.82) is 0 Å². The Hall–Kier alpha value is -3.36. The average molecular weight is 368 g/mol. The number of benzene rings is 1. The number of nitro groups is 1. The van der Waals surface area contributed by atoms with E-state index in [2.05, 4.69) is 10.1 Å². The Balaban J connectivity index is 1.45. The van der Waals surface area contributed by atoms with Crippen LogP contribution in [0.3, 0.4) is 0 Å². The van der Waals surface area contributed by atoms with Crippen LogP contribution in [0.15, 0.2) is 40.9 Å². The molecule has 2 aromatic rings. The van der Waals surface area contributed by atoms with Crippen molar-refractivity contribution in [1.82, 2.24) is 15.0 Å². The first kappa shape index (κ1) is 17.1. The maximum absolute atomic E-state index is 12.4. The highest BCUT2D eigenvalue weighted by Gasteiger charge is 2.46. The van der Waals surface area contributed by atoms with Gasteiger partial charge in [-0.3, -0.25) is 24.6 Å². The third kappa shape index (κ3) is 3.12. The van der Waals surface area contributed by atoms with Gasteiger partial charge in [0.2, 0.25) is 23.5 Å². The van der Waals surface area contributed by atoms with Crippen LogP contribution in [0.4, 0.5) is 5.69 Å². The standard InChI is InChI=1S/C18H16N4O5/c23-17-13-6-1-2-7-14(13)18(24)21(17)9-8-15-19-16(20-27-15)11-4-3-5-12(10-11)22(25)26/h1-5,10,13-14H,6-9H2/t13-,14-/m1/s1. The number of allylic oxidation sites excluding steroid dienone is 2. The van der Waals surface area contributed by atoms with Crippen LogP contribution in [0, 0.1) is 22.0 Å². The fourth-order valence-electron chi connectivity index (χ4n) is 3.53. The smallest absolute Gasteiger partial charge is 0.270 e. The number of imide groups is 1. The molecule has 1 aliphatic heterocycles. The van der Waals surface area contributed by atoms with Gasteiger partial charge in [0.1, 0.15) is 0 Å². The lowest BCUT2D eigenvalue weighted by molar-refractivity contribution is -0.384. The minimum atomic E-state index is -0.497. The Labute approximate surface area is 153 Å². The number of amides is 2. The maximum atomic E-state index is 12.4. The van der Waals surface area contributed by atoms with E-state index < -0.39 is 4.92 Å². The predicted molar refractivity (Wildman–Crippen MR) is 92.2 cm³/mol. The van der Waals surface area contributed by atoms with Gasteiger partial charge in [-0.05, 0) is 12.8 Å². The fraction of sp³-hybridized carbons (Fsp3) is 0.333. The van der Waals surface area contributed by atoms with Crippen molar-refractivity contribution in [3.05, 3.63) is 52.4 Å². The summed E-state index contributed by atoms with van der Waals surface area (Å²) in [6.45, 7) is 0.182. The molecule has 0 unspecified atom stereocenters. The molecule has 1 aromatic carbocycles. The van der Waals surface area contributed by atoms with Gasteiger partial charge in [-0.1, -0.05) is 29.4 Å². The minimum absolute atomic E-state index is 0.0664. The van der Waals surface area contributed by atoms with Crippen LogP contribution < -0.4 is 0 Å². The SMILES string of the molecule is O=C1[C@@H]2CC=CC[C@H]2C(=O)N1CCc1nc(-c2cccc([N+](=O)[O-])c2)no1. The number of nitrogens with zero attached hydrogens (tertiary/aromatic N) is 4. The topological polar surface area (TPSA) is 119 Å². The fourth-order valence-corrected chi connectivity index (χ4v) is 3.53. The summed E-state index contributed by atoms with van der Waals surface area (Å²) in [5.74, 6) is -0.312. The van der Waals surface area contributed by atoms with Gasteiger partial charge in [0, 0.05) is 30.7 Å². The normalized spacial score (nSPS) is 21.6. The molecule has 1 fully saturated rings. The van der Waals surface area contributed by atoms with Crippen LogP contribution >= 0.6 is 0 Å². The summed E-state index contributed by atoms with van der Waals surface area (Å²) in [5.41, 5.74) is 0.396. The summed E-state index contributed by atoms with van der Waals surface area (Å²) >= 11 is 0. The third-order valence-electron chi connectivity index (χ3n) is 4.93. The number of nitro benzene ring substituents is 1. The van der Waals surface area contributed by atoms with E-state index in [0.29, 0.717) is 18.4 Å². The van der Waals surface area contributed by atoms with Crippen molar-refractivity contribution in [3.63, 3.8) is 0 Å². The molecule has 138 valence electrons. The van der Waals surface area contributed by atoms with Gasteiger partial charge < -0.3 is 4.52 Å². The molecule has 2 heterocycles. The molecule has 9 heteroatoms. The molecule has 0 spiro atoms. The number of carbonyl (C=O) groups is 2. The second kappa shape index (κ2) is 6.75. The first-order chi connectivity index (χ1) is 13.0. The number of rotatable bonds is 5. The Morgan fingerprint density at radius 1 is 1.19 bits per heavy atom. The zero-order chi connectivity index (χ0) is 19.0. The molecule has 0 radical (unpaired) electrons. The van der Waals surface area contributed by atoms with E-state index in [9.17, 15) is 19.7 Å². The Morgan fingerprint density at radius 2 is 1.89 bits per heavy atom. The van der Waals surface area contributed by atoms with Crippen molar-refractivity contribution in [2.75, 3.05) is 6.54 Å². The van der Waals surface area contributed by atoms with E-state index in [1.807, 2.05) is 12.2 Å². The van der Waals surface area contributed by atoms with Crippen LogP contribution in [-0.2, 0) is 16.0 Å². The molecule has 2 aliphatic rings. The molecular formula is C18H16N4O5. The lowest BCUT2D eigenvalue weighted by Gasteiger charge is -2.14. The summed E-state index contributed by atoms with van der Waals surface area (Å²) < 4.78 is 5.18. The van der Waals surface area contributed by atoms with Gasteiger partial charge in [0.15, 0.2) is 0 Å². The number of hydrogen-bond donors (Lipinski definition) is 0. The van der Waals surface area contributed by atoms with Gasteiger partial charge in [0.25, 0.3) is 5.69 Å². The summed E-state index contributed by atoms with van der Waals surface area (Å²) in [6, 6.07) is 5.93. The number of hydrogen-bond acceptors (Lipinski definition) is 7.